The van der Waals surface area contributed by atoms with Crippen LogP contribution in [0.5, 0.6) is 0 Å². The summed E-state index contributed by atoms with van der Waals surface area (Å²) in [6.07, 6.45) is 3.35. The Labute approximate surface area is 111 Å². The van der Waals surface area contributed by atoms with Crippen LogP contribution in [0.1, 0.15) is 24.8 Å². The highest BCUT2D eigenvalue weighted by Crippen LogP contribution is 2.08. The Balaban J connectivity index is 1.63. The minimum Gasteiger partial charge on any atom is -0.347 e. The maximum absolute atomic E-state index is 11.7. The number of nitrogens with one attached hydrogen (secondary N) is 1. The first-order valence-electron chi connectivity index (χ1n) is 6.31. The van der Waals surface area contributed by atoms with E-state index in [0.29, 0.717) is 6.42 Å². The minimum atomic E-state index is -0.0475. The molecule has 0 radical (unpaired) electrons. The van der Waals surface area contributed by atoms with Crippen molar-refractivity contribution in [2.24, 2.45) is 0 Å². The first-order valence-corrected chi connectivity index (χ1v) is 7.25. The molecule has 5 heteroatoms. The van der Waals surface area contributed by atoms with Gasteiger partial charge >= 0.3 is 0 Å². The molecule has 18 heavy (non-hydrogen) atoms. The lowest BCUT2D eigenvalue weighted by molar-refractivity contribution is -0.132. The van der Waals surface area contributed by atoms with Crippen LogP contribution < -0.4 is 5.32 Å². The third-order valence-corrected chi connectivity index (χ3v) is 3.85. The Hall–Kier alpha value is -1.36. The predicted molar refractivity (Wildman–Crippen MR) is 71.5 cm³/mol. The first-order chi connectivity index (χ1) is 8.75. The number of hydrogen-bond donors (Lipinski definition) is 1. The van der Waals surface area contributed by atoms with Gasteiger partial charge in [0.2, 0.25) is 11.8 Å². The Morgan fingerprint density at radius 3 is 2.78 bits per heavy atom. The highest BCUT2D eigenvalue weighted by Gasteiger charge is 2.17. The molecule has 0 saturated carbocycles. The lowest BCUT2D eigenvalue weighted by Crippen LogP contribution is -2.38. The fraction of sp³-hybridized carbons (Fsp3) is 0.538. The van der Waals surface area contributed by atoms with Crippen LogP contribution in [0.4, 0.5) is 0 Å². The van der Waals surface area contributed by atoms with Gasteiger partial charge in [-0.2, -0.15) is 11.3 Å². The van der Waals surface area contributed by atoms with Gasteiger partial charge in [0, 0.05) is 19.5 Å². The molecule has 1 aromatic heterocycles. The Morgan fingerprint density at radius 1 is 1.33 bits per heavy atom. The molecule has 2 rings (SSSR count). The van der Waals surface area contributed by atoms with E-state index in [4.69, 9.17) is 0 Å². The molecule has 1 saturated heterocycles. The standard InChI is InChI=1S/C13H18N2O2S/c16-12(4-3-11-5-8-18-10-11)14-9-13(17)15-6-1-2-7-15/h5,8,10H,1-4,6-7,9H2,(H,14,16). The van der Waals surface area contributed by atoms with Gasteiger partial charge in [-0.05, 0) is 41.7 Å². The zero-order valence-electron chi connectivity index (χ0n) is 10.4. The van der Waals surface area contributed by atoms with Crippen molar-refractivity contribution in [3.8, 4) is 0 Å². The molecule has 0 spiro atoms. The molecule has 1 aliphatic rings. The second-order valence-electron chi connectivity index (χ2n) is 4.50. The summed E-state index contributed by atoms with van der Waals surface area (Å²) in [5.74, 6) is -0.00914. The van der Waals surface area contributed by atoms with Crippen LogP contribution in [-0.2, 0) is 16.0 Å². The summed E-state index contributed by atoms with van der Waals surface area (Å²) in [6, 6.07) is 2.02. The van der Waals surface area contributed by atoms with Crippen LogP contribution in [0.25, 0.3) is 0 Å². The molecule has 1 aromatic rings. The van der Waals surface area contributed by atoms with Crippen molar-refractivity contribution in [1.29, 1.82) is 0 Å². The molecule has 1 fully saturated rings. The second kappa shape index (κ2) is 6.54. The van der Waals surface area contributed by atoms with Crippen LogP contribution in [0.3, 0.4) is 0 Å². The second-order valence-corrected chi connectivity index (χ2v) is 5.28. The highest BCUT2D eigenvalue weighted by molar-refractivity contribution is 7.07. The molecule has 4 nitrogen and oxygen atoms in total. The number of likely N-dealkylation sites (tertiary alicyclic amines) is 1. The Morgan fingerprint density at radius 2 is 2.11 bits per heavy atom. The van der Waals surface area contributed by atoms with Crippen molar-refractivity contribution in [3.05, 3.63) is 22.4 Å². The smallest absolute Gasteiger partial charge is 0.241 e. The SMILES string of the molecule is O=C(CCc1ccsc1)NCC(=O)N1CCCC1. The topological polar surface area (TPSA) is 49.4 Å². The van der Waals surface area contributed by atoms with E-state index >= 15 is 0 Å². The van der Waals surface area contributed by atoms with Crippen LogP contribution in [-0.4, -0.2) is 36.3 Å². The number of carbonyl (C=O) groups is 2. The number of thiophene rings is 1. The number of rotatable bonds is 5. The summed E-state index contributed by atoms with van der Waals surface area (Å²) < 4.78 is 0. The van der Waals surface area contributed by atoms with Gasteiger partial charge in [-0.3, -0.25) is 9.59 Å². The van der Waals surface area contributed by atoms with E-state index in [0.717, 1.165) is 32.4 Å². The first kappa shape index (κ1) is 13.1. The molecular formula is C13H18N2O2S. The van der Waals surface area contributed by atoms with Crippen LogP contribution in [0.2, 0.25) is 0 Å². The summed E-state index contributed by atoms with van der Waals surface area (Å²) in [7, 11) is 0. The fourth-order valence-corrected chi connectivity index (χ4v) is 2.74. The zero-order valence-corrected chi connectivity index (χ0v) is 11.2. The van der Waals surface area contributed by atoms with Crippen LogP contribution >= 0.6 is 11.3 Å². The van der Waals surface area contributed by atoms with E-state index in [1.165, 1.54) is 5.56 Å². The Kier molecular flexibility index (Phi) is 4.75. The molecule has 0 bridgehead atoms. The summed E-state index contributed by atoms with van der Waals surface area (Å²) in [5, 5.41) is 6.74. The van der Waals surface area contributed by atoms with Gasteiger partial charge in [0.1, 0.15) is 0 Å². The van der Waals surface area contributed by atoms with Gasteiger partial charge in [0.05, 0.1) is 6.54 Å². The normalized spacial score (nSPS) is 14.8. The van der Waals surface area contributed by atoms with Gasteiger partial charge in [-0.25, -0.2) is 0 Å². The summed E-state index contributed by atoms with van der Waals surface area (Å²) in [4.78, 5) is 25.1. The van der Waals surface area contributed by atoms with Crippen LogP contribution in [0, 0.1) is 0 Å². The maximum atomic E-state index is 11.7. The van der Waals surface area contributed by atoms with Crippen molar-refractivity contribution >= 4 is 23.2 Å². The van der Waals surface area contributed by atoms with E-state index in [-0.39, 0.29) is 18.4 Å². The van der Waals surface area contributed by atoms with E-state index < -0.39 is 0 Å². The Bertz CT molecular complexity index is 397. The molecule has 1 aliphatic heterocycles. The quantitative estimate of drug-likeness (QED) is 0.876. The molecule has 98 valence electrons. The molecule has 2 amide bonds. The average molecular weight is 266 g/mol. The van der Waals surface area contributed by atoms with Gasteiger partial charge in [0.25, 0.3) is 0 Å². The number of hydrogen-bond acceptors (Lipinski definition) is 3. The summed E-state index contributed by atoms with van der Waals surface area (Å²) in [5.41, 5.74) is 1.18. The van der Waals surface area contributed by atoms with Crippen molar-refractivity contribution in [2.75, 3.05) is 19.6 Å². The minimum absolute atomic E-state index is 0.0383. The number of aryl methyl sites for hydroxylation is 1. The highest BCUT2D eigenvalue weighted by atomic mass is 32.1. The van der Waals surface area contributed by atoms with Gasteiger partial charge in [-0.15, -0.1) is 0 Å². The third-order valence-electron chi connectivity index (χ3n) is 3.12. The van der Waals surface area contributed by atoms with Gasteiger partial charge in [-0.1, -0.05) is 0 Å². The van der Waals surface area contributed by atoms with E-state index in [1.807, 2.05) is 21.7 Å². The summed E-state index contributed by atoms with van der Waals surface area (Å²) in [6.45, 7) is 1.82. The van der Waals surface area contributed by atoms with Gasteiger partial charge in [0.15, 0.2) is 0 Å². The lowest BCUT2D eigenvalue weighted by atomic mass is 10.2. The van der Waals surface area contributed by atoms with E-state index in [2.05, 4.69) is 5.32 Å². The molecule has 0 unspecified atom stereocenters. The third kappa shape index (κ3) is 3.84. The number of amides is 2. The van der Waals surface area contributed by atoms with E-state index in [9.17, 15) is 9.59 Å². The average Bonchev–Trinajstić information content (AvgIpc) is 3.05. The van der Waals surface area contributed by atoms with Crippen molar-refractivity contribution in [3.63, 3.8) is 0 Å². The fourth-order valence-electron chi connectivity index (χ4n) is 2.03. The summed E-state index contributed by atoms with van der Waals surface area (Å²) >= 11 is 1.63. The number of carbonyl (C=O) groups excluding carboxylic acids is 2. The molecular weight excluding hydrogens is 248 g/mol. The van der Waals surface area contributed by atoms with E-state index in [1.54, 1.807) is 11.3 Å². The van der Waals surface area contributed by atoms with Gasteiger partial charge < -0.3 is 10.2 Å². The van der Waals surface area contributed by atoms with Crippen molar-refractivity contribution in [2.45, 2.75) is 25.7 Å². The zero-order chi connectivity index (χ0) is 12.8. The molecule has 0 atom stereocenters. The predicted octanol–water partition coefficient (Wildman–Crippen LogP) is 1.42. The molecule has 2 heterocycles. The van der Waals surface area contributed by atoms with Crippen molar-refractivity contribution in [1.82, 2.24) is 10.2 Å². The van der Waals surface area contributed by atoms with Crippen LogP contribution in [0.15, 0.2) is 16.8 Å². The monoisotopic (exact) mass is 266 g/mol. The lowest BCUT2D eigenvalue weighted by Gasteiger charge is -2.15. The molecule has 0 aromatic carbocycles. The van der Waals surface area contributed by atoms with Crippen molar-refractivity contribution < 1.29 is 9.59 Å². The maximum Gasteiger partial charge on any atom is 0.241 e. The molecule has 0 aliphatic carbocycles. The molecule has 1 N–H and O–H groups in total. The largest absolute Gasteiger partial charge is 0.347 e. The number of nitrogens with zero attached hydrogens (tertiary/aromatic N) is 1.